The molecule has 0 radical (unpaired) electrons. The molecule has 2 aliphatic heterocycles. The average Bonchev–Trinajstić information content (AvgIpc) is 2.36. The van der Waals surface area contributed by atoms with Crippen molar-refractivity contribution in [2.24, 2.45) is 5.73 Å². The van der Waals surface area contributed by atoms with Gasteiger partial charge in [-0.3, -0.25) is 4.90 Å². The van der Waals surface area contributed by atoms with Gasteiger partial charge >= 0.3 is 0 Å². The highest BCUT2D eigenvalue weighted by molar-refractivity contribution is 4.93. The molecule has 2 aliphatic rings. The zero-order chi connectivity index (χ0) is 13.0. The van der Waals surface area contributed by atoms with E-state index in [-0.39, 0.29) is 5.60 Å². The lowest BCUT2D eigenvalue weighted by Gasteiger charge is -2.47. The van der Waals surface area contributed by atoms with Crippen LogP contribution in [0.15, 0.2) is 0 Å². The first-order valence-corrected chi connectivity index (χ1v) is 7.34. The van der Waals surface area contributed by atoms with Crippen molar-refractivity contribution in [1.29, 1.82) is 0 Å². The molecule has 1 spiro atoms. The Bertz CT molecular complexity index is 247. The summed E-state index contributed by atoms with van der Waals surface area (Å²) in [6.07, 6.45) is 4.39. The van der Waals surface area contributed by atoms with Crippen molar-refractivity contribution in [2.45, 2.75) is 57.2 Å². The number of nitrogens with two attached hydrogens (primary N) is 1. The van der Waals surface area contributed by atoms with Crippen molar-refractivity contribution in [3.8, 4) is 0 Å². The average molecular weight is 256 g/mol. The highest BCUT2D eigenvalue weighted by atomic mass is 16.5. The molecule has 0 aromatic heterocycles. The van der Waals surface area contributed by atoms with E-state index in [0.717, 1.165) is 58.6 Å². The second kappa shape index (κ2) is 6.33. The van der Waals surface area contributed by atoms with Gasteiger partial charge in [0.25, 0.3) is 0 Å². The van der Waals surface area contributed by atoms with Gasteiger partial charge in [-0.25, -0.2) is 0 Å². The lowest BCUT2D eigenvalue weighted by molar-refractivity contribution is -0.153. The van der Waals surface area contributed by atoms with E-state index in [0.29, 0.717) is 12.1 Å². The predicted octanol–water partition coefficient (Wildman–Crippen LogP) is 1.38. The van der Waals surface area contributed by atoms with E-state index >= 15 is 0 Å². The number of hydrogen-bond donors (Lipinski definition) is 1. The Labute approximate surface area is 111 Å². The van der Waals surface area contributed by atoms with Crippen LogP contribution in [0.1, 0.15) is 39.5 Å². The highest BCUT2D eigenvalue weighted by Crippen LogP contribution is 2.36. The molecule has 0 aromatic rings. The van der Waals surface area contributed by atoms with Crippen molar-refractivity contribution >= 4 is 0 Å². The van der Waals surface area contributed by atoms with Crippen molar-refractivity contribution in [2.75, 3.05) is 32.9 Å². The van der Waals surface area contributed by atoms with Crippen LogP contribution >= 0.6 is 0 Å². The minimum Gasteiger partial charge on any atom is -0.381 e. The van der Waals surface area contributed by atoms with Gasteiger partial charge in [-0.2, -0.15) is 0 Å². The molecule has 2 N–H and O–H groups in total. The van der Waals surface area contributed by atoms with Crippen molar-refractivity contribution in [3.05, 3.63) is 0 Å². The molecule has 1 unspecified atom stereocenters. The van der Waals surface area contributed by atoms with E-state index in [1.807, 2.05) is 0 Å². The maximum Gasteiger partial charge on any atom is 0.0741 e. The van der Waals surface area contributed by atoms with E-state index in [4.69, 9.17) is 15.2 Å². The molecule has 18 heavy (non-hydrogen) atoms. The van der Waals surface area contributed by atoms with Crippen LogP contribution < -0.4 is 5.73 Å². The fraction of sp³-hybridized carbons (Fsp3) is 1.00. The molecular weight excluding hydrogens is 228 g/mol. The molecule has 2 saturated heterocycles. The topological polar surface area (TPSA) is 47.7 Å². The Balaban J connectivity index is 1.99. The summed E-state index contributed by atoms with van der Waals surface area (Å²) in [7, 11) is 0. The van der Waals surface area contributed by atoms with Crippen LogP contribution in [0.2, 0.25) is 0 Å². The van der Waals surface area contributed by atoms with Gasteiger partial charge in [0.15, 0.2) is 0 Å². The maximum atomic E-state index is 6.11. The molecule has 0 bridgehead atoms. The molecule has 0 amide bonds. The lowest BCUT2D eigenvalue weighted by atomic mass is 9.83. The summed E-state index contributed by atoms with van der Waals surface area (Å²) < 4.78 is 11.6. The third-order valence-electron chi connectivity index (χ3n) is 4.39. The molecule has 106 valence electrons. The van der Waals surface area contributed by atoms with Gasteiger partial charge in [0.1, 0.15) is 0 Å². The van der Waals surface area contributed by atoms with Crippen LogP contribution in [0.5, 0.6) is 0 Å². The quantitative estimate of drug-likeness (QED) is 0.825. The van der Waals surface area contributed by atoms with Crippen molar-refractivity contribution in [3.63, 3.8) is 0 Å². The third-order valence-corrected chi connectivity index (χ3v) is 4.39. The maximum absolute atomic E-state index is 6.11. The summed E-state index contributed by atoms with van der Waals surface area (Å²) in [5, 5.41) is 0. The van der Waals surface area contributed by atoms with Gasteiger partial charge < -0.3 is 15.2 Å². The molecule has 2 rings (SSSR count). The first-order chi connectivity index (χ1) is 8.67. The van der Waals surface area contributed by atoms with Crippen LogP contribution in [0, 0.1) is 0 Å². The standard InChI is InChI=1S/C14H28N2O2/c1-12(2)16(7-6-15)13-3-8-18-14(11-13)4-9-17-10-5-14/h12-13H,3-11,15H2,1-2H3. The normalized spacial score (nSPS) is 28.2. The fourth-order valence-corrected chi connectivity index (χ4v) is 3.39. The largest absolute Gasteiger partial charge is 0.381 e. The minimum absolute atomic E-state index is 0.0862. The molecule has 2 heterocycles. The smallest absolute Gasteiger partial charge is 0.0741 e. The first-order valence-electron chi connectivity index (χ1n) is 7.34. The van der Waals surface area contributed by atoms with Crippen LogP contribution in [0.4, 0.5) is 0 Å². The summed E-state index contributed by atoms with van der Waals surface area (Å²) in [6, 6.07) is 1.19. The van der Waals surface area contributed by atoms with Gasteiger partial charge in [-0.05, 0) is 39.5 Å². The van der Waals surface area contributed by atoms with Crippen molar-refractivity contribution < 1.29 is 9.47 Å². The van der Waals surface area contributed by atoms with Gasteiger partial charge in [0, 0.05) is 45.0 Å². The van der Waals surface area contributed by atoms with Crippen LogP contribution in [0.3, 0.4) is 0 Å². The lowest BCUT2D eigenvalue weighted by Crippen LogP contribution is -2.53. The number of rotatable bonds is 4. The monoisotopic (exact) mass is 256 g/mol. The van der Waals surface area contributed by atoms with Crippen LogP contribution in [-0.4, -0.2) is 55.5 Å². The highest BCUT2D eigenvalue weighted by Gasteiger charge is 2.40. The second-order valence-electron chi connectivity index (χ2n) is 5.91. The minimum atomic E-state index is 0.0862. The molecule has 1 atom stereocenters. The molecule has 4 heteroatoms. The number of ether oxygens (including phenoxy) is 2. The molecule has 0 saturated carbocycles. The summed E-state index contributed by atoms with van der Waals surface area (Å²) >= 11 is 0. The van der Waals surface area contributed by atoms with Crippen LogP contribution in [0.25, 0.3) is 0 Å². The van der Waals surface area contributed by atoms with Crippen LogP contribution in [-0.2, 0) is 9.47 Å². The second-order valence-corrected chi connectivity index (χ2v) is 5.91. The third kappa shape index (κ3) is 3.23. The van der Waals surface area contributed by atoms with E-state index in [9.17, 15) is 0 Å². The Hall–Kier alpha value is -0.160. The van der Waals surface area contributed by atoms with Gasteiger partial charge in [0.2, 0.25) is 0 Å². The van der Waals surface area contributed by atoms with E-state index in [1.165, 1.54) is 0 Å². The Morgan fingerprint density at radius 3 is 2.61 bits per heavy atom. The predicted molar refractivity (Wildman–Crippen MR) is 72.7 cm³/mol. The summed E-state index contributed by atoms with van der Waals surface area (Å²) in [5.74, 6) is 0. The summed E-state index contributed by atoms with van der Waals surface area (Å²) in [4.78, 5) is 2.56. The van der Waals surface area contributed by atoms with Gasteiger partial charge in [0.05, 0.1) is 5.60 Å². The Kier molecular flexibility index (Phi) is 5.01. The summed E-state index contributed by atoms with van der Waals surface area (Å²) in [5.41, 5.74) is 5.84. The molecule has 2 fully saturated rings. The van der Waals surface area contributed by atoms with Gasteiger partial charge in [-0.1, -0.05) is 0 Å². The SMILES string of the molecule is CC(C)N(CCN)C1CCOC2(CCOCC2)C1. The number of hydrogen-bond acceptors (Lipinski definition) is 4. The molecule has 4 nitrogen and oxygen atoms in total. The molecule has 0 aromatic carbocycles. The summed E-state index contributed by atoms with van der Waals surface area (Å²) in [6.45, 7) is 8.86. The fourth-order valence-electron chi connectivity index (χ4n) is 3.39. The number of nitrogens with zero attached hydrogens (tertiary/aromatic N) is 1. The zero-order valence-corrected chi connectivity index (χ0v) is 11.9. The van der Waals surface area contributed by atoms with E-state index in [1.54, 1.807) is 0 Å². The van der Waals surface area contributed by atoms with E-state index < -0.39 is 0 Å². The Morgan fingerprint density at radius 2 is 2.00 bits per heavy atom. The first kappa shape index (κ1) is 14.3. The van der Waals surface area contributed by atoms with E-state index in [2.05, 4.69) is 18.7 Å². The van der Waals surface area contributed by atoms with Gasteiger partial charge in [-0.15, -0.1) is 0 Å². The Morgan fingerprint density at radius 1 is 1.28 bits per heavy atom. The molecule has 0 aliphatic carbocycles. The molecular formula is C14H28N2O2. The zero-order valence-electron chi connectivity index (χ0n) is 11.9. The van der Waals surface area contributed by atoms with Crippen molar-refractivity contribution in [1.82, 2.24) is 4.90 Å².